The highest BCUT2D eigenvalue weighted by atomic mass is 32.2. The Morgan fingerprint density at radius 2 is 2.00 bits per heavy atom. The van der Waals surface area contributed by atoms with Crippen molar-refractivity contribution in [3.05, 3.63) is 54.5 Å². The Bertz CT molecular complexity index is 772. The van der Waals surface area contributed by atoms with Crippen LogP contribution in [0.3, 0.4) is 0 Å². The maximum Gasteiger partial charge on any atom is 0.243 e. The van der Waals surface area contributed by atoms with Gasteiger partial charge in [0.15, 0.2) is 0 Å². The number of amides is 1. The lowest BCUT2D eigenvalue weighted by Gasteiger charge is -2.31. The molecule has 0 radical (unpaired) electrons. The van der Waals surface area contributed by atoms with Gasteiger partial charge in [0.25, 0.3) is 0 Å². The number of piperidine rings is 1. The summed E-state index contributed by atoms with van der Waals surface area (Å²) in [6.45, 7) is 0.966. The minimum Gasteiger partial charge on any atom is -0.467 e. The summed E-state index contributed by atoms with van der Waals surface area (Å²) in [4.78, 5) is 12.6. The van der Waals surface area contributed by atoms with Crippen LogP contribution in [0.25, 0.3) is 0 Å². The van der Waals surface area contributed by atoms with Crippen LogP contribution in [0.5, 0.6) is 0 Å². The van der Waals surface area contributed by atoms with Crippen LogP contribution in [0.4, 0.5) is 0 Å². The van der Waals surface area contributed by atoms with Gasteiger partial charge in [0.05, 0.1) is 23.6 Å². The molecule has 1 aliphatic rings. The van der Waals surface area contributed by atoms with Gasteiger partial charge in [-0.25, -0.2) is 8.42 Å². The van der Waals surface area contributed by atoms with Crippen LogP contribution in [-0.4, -0.2) is 31.7 Å². The lowest BCUT2D eigenvalue weighted by Crippen LogP contribution is -2.45. The number of carbonyl (C=O) groups excluding carboxylic acids is 1. The van der Waals surface area contributed by atoms with E-state index in [1.54, 1.807) is 48.7 Å². The van der Waals surface area contributed by atoms with Crippen molar-refractivity contribution in [1.82, 2.24) is 9.62 Å². The maximum atomic E-state index is 12.7. The summed E-state index contributed by atoms with van der Waals surface area (Å²) in [5.74, 6) is 0.194. The van der Waals surface area contributed by atoms with Gasteiger partial charge in [-0.1, -0.05) is 18.2 Å². The van der Waals surface area contributed by atoms with E-state index in [-0.39, 0.29) is 23.3 Å². The Morgan fingerprint density at radius 3 is 2.71 bits per heavy atom. The molecule has 1 aliphatic heterocycles. The molecule has 2 aromatic rings. The van der Waals surface area contributed by atoms with Gasteiger partial charge >= 0.3 is 0 Å². The Labute approximate surface area is 141 Å². The van der Waals surface area contributed by atoms with E-state index in [9.17, 15) is 13.2 Å². The number of benzene rings is 1. The lowest BCUT2D eigenvalue weighted by atomic mass is 9.99. The Morgan fingerprint density at radius 1 is 1.21 bits per heavy atom. The third kappa shape index (κ3) is 3.68. The summed E-state index contributed by atoms with van der Waals surface area (Å²) in [6.07, 6.45) is 2.91. The SMILES string of the molecule is O=C(NCc1ccco1)[C@H]1CCCN(S(=O)(=O)c2ccccc2)C1. The molecule has 1 amide bonds. The molecule has 24 heavy (non-hydrogen) atoms. The first kappa shape index (κ1) is 16.7. The summed E-state index contributed by atoms with van der Waals surface area (Å²) < 4.78 is 31.9. The molecule has 0 unspecified atom stereocenters. The van der Waals surface area contributed by atoms with Crippen molar-refractivity contribution in [3.8, 4) is 0 Å². The largest absolute Gasteiger partial charge is 0.467 e. The van der Waals surface area contributed by atoms with E-state index < -0.39 is 10.0 Å². The Kier molecular flexibility index (Phi) is 5.01. The minimum atomic E-state index is -3.55. The molecule has 1 aromatic carbocycles. The van der Waals surface area contributed by atoms with Gasteiger partial charge in [-0.15, -0.1) is 0 Å². The van der Waals surface area contributed by atoms with E-state index in [2.05, 4.69) is 5.32 Å². The standard InChI is InChI=1S/C17H20N2O4S/c20-17(18-12-15-7-5-11-23-15)14-6-4-10-19(13-14)24(21,22)16-8-2-1-3-9-16/h1-3,5,7-9,11,14H,4,6,10,12-13H2,(H,18,20)/t14-/m0/s1. The summed E-state index contributed by atoms with van der Waals surface area (Å²) in [5.41, 5.74) is 0. The fourth-order valence-electron chi connectivity index (χ4n) is 2.85. The number of carbonyl (C=O) groups is 1. The molecule has 128 valence electrons. The molecule has 1 N–H and O–H groups in total. The quantitative estimate of drug-likeness (QED) is 0.896. The molecule has 0 saturated carbocycles. The highest BCUT2D eigenvalue weighted by Crippen LogP contribution is 2.23. The number of nitrogens with one attached hydrogen (secondary N) is 1. The Balaban J connectivity index is 1.64. The van der Waals surface area contributed by atoms with E-state index in [0.717, 1.165) is 0 Å². The average molecular weight is 348 g/mol. The normalized spacial score (nSPS) is 19.1. The molecular weight excluding hydrogens is 328 g/mol. The van der Waals surface area contributed by atoms with Gasteiger partial charge in [-0.3, -0.25) is 4.79 Å². The second-order valence-electron chi connectivity index (χ2n) is 5.81. The van der Waals surface area contributed by atoms with Crippen molar-refractivity contribution in [1.29, 1.82) is 0 Å². The molecule has 1 saturated heterocycles. The second kappa shape index (κ2) is 7.19. The first-order valence-electron chi connectivity index (χ1n) is 7.92. The van der Waals surface area contributed by atoms with Crippen LogP contribution < -0.4 is 5.32 Å². The summed E-state index contributed by atoms with van der Waals surface area (Å²) >= 11 is 0. The molecule has 0 spiro atoms. The number of hydrogen-bond acceptors (Lipinski definition) is 4. The van der Waals surface area contributed by atoms with Crippen molar-refractivity contribution < 1.29 is 17.6 Å². The molecule has 1 aromatic heterocycles. The van der Waals surface area contributed by atoms with Gasteiger partial charge in [0.2, 0.25) is 15.9 Å². The van der Waals surface area contributed by atoms with E-state index in [0.29, 0.717) is 31.7 Å². The molecule has 2 heterocycles. The van der Waals surface area contributed by atoms with Crippen LogP contribution in [0.1, 0.15) is 18.6 Å². The first-order chi connectivity index (χ1) is 11.6. The average Bonchev–Trinajstić information content (AvgIpc) is 3.14. The third-order valence-electron chi connectivity index (χ3n) is 4.15. The fourth-order valence-corrected chi connectivity index (χ4v) is 4.39. The molecule has 1 fully saturated rings. The van der Waals surface area contributed by atoms with Crippen LogP contribution >= 0.6 is 0 Å². The second-order valence-corrected chi connectivity index (χ2v) is 7.75. The van der Waals surface area contributed by atoms with Gasteiger partial charge in [-0.2, -0.15) is 4.31 Å². The first-order valence-corrected chi connectivity index (χ1v) is 9.36. The van der Waals surface area contributed by atoms with Crippen LogP contribution in [0.2, 0.25) is 0 Å². The molecular formula is C17H20N2O4S. The van der Waals surface area contributed by atoms with Crippen molar-refractivity contribution in [3.63, 3.8) is 0 Å². The van der Waals surface area contributed by atoms with Crippen molar-refractivity contribution >= 4 is 15.9 Å². The van der Waals surface area contributed by atoms with Crippen LogP contribution in [0.15, 0.2) is 58.0 Å². The summed E-state index contributed by atoms with van der Waals surface area (Å²) in [5, 5.41) is 2.81. The zero-order valence-electron chi connectivity index (χ0n) is 13.2. The van der Waals surface area contributed by atoms with E-state index in [4.69, 9.17) is 4.42 Å². The summed E-state index contributed by atoms with van der Waals surface area (Å²) in [7, 11) is -3.55. The van der Waals surface area contributed by atoms with E-state index >= 15 is 0 Å². The maximum absolute atomic E-state index is 12.7. The Hall–Kier alpha value is -2.12. The lowest BCUT2D eigenvalue weighted by molar-refractivity contribution is -0.126. The molecule has 0 aliphatic carbocycles. The number of rotatable bonds is 5. The number of hydrogen-bond donors (Lipinski definition) is 1. The van der Waals surface area contributed by atoms with Gasteiger partial charge in [0.1, 0.15) is 5.76 Å². The molecule has 0 bridgehead atoms. The smallest absolute Gasteiger partial charge is 0.243 e. The third-order valence-corrected chi connectivity index (χ3v) is 6.03. The van der Waals surface area contributed by atoms with Crippen molar-refractivity contribution in [2.24, 2.45) is 5.92 Å². The van der Waals surface area contributed by atoms with E-state index in [1.165, 1.54) is 4.31 Å². The van der Waals surface area contributed by atoms with Crippen molar-refractivity contribution in [2.75, 3.05) is 13.1 Å². The predicted molar refractivity (Wildman–Crippen MR) is 88.5 cm³/mol. The van der Waals surface area contributed by atoms with Crippen molar-refractivity contribution in [2.45, 2.75) is 24.3 Å². The number of furan rings is 1. The van der Waals surface area contributed by atoms with Gasteiger partial charge < -0.3 is 9.73 Å². The van der Waals surface area contributed by atoms with E-state index in [1.807, 2.05) is 0 Å². The zero-order chi connectivity index (χ0) is 17.0. The molecule has 6 nitrogen and oxygen atoms in total. The minimum absolute atomic E-state index is 0.139. The topological polar surface area (TPSA) is 79.6 Å². The van der Waals surface area contributed by atoms with Gasteiger partial charge in [-0.05, 0) is 37.1 Å². The molecule has 1 atom stereocenters. The number of nitrogens with zero attached hydrogens (tertiary/aromatic N) is 1. The monoisotopic (exact) mass is 348 g/mol. The molecule has 3 rings (SSSR count). The summed E-state index contributed by atoms with van der Waals surface area (Å²) in [6, 6.07) is 11.9. The fraction of sp³-hybridized carbons (Fsp3) is 0.353. The van der Waals surface area contributed by atoms with Gasteiger partial charge in [0, 0.05) is 13.1 Å². The predicted octanol–water partition coefficient (Wildman–Crippen LogP) is 2.00. The van der Waals surface area contributed by atoms with Crippen LogP contribution in [0, 0.1) is 5.92 Å². The van der Waals surface area contributed by atoms with Crippen LogP contribution in [-0.2, 0) is 21.4 Å². The molecule has 7 heteroatoms. The zero-order valence-corrected chi connectivity index (χ0v) is 14.0. The highest BCUT2D eigenvalue weighted by molar-refractivity contribution is 7.89. The number of sulfonamides is 1. The highest BCUT2D eigenvalue weighted by Gasteiger charge is 2.33.